The van der Waals surface area contributed by atoms with Crippen molar-refractivity contribution in [3.8, 4) is 0 Å². The van der Waals surface area contributed by atoms with E-state index in [4.69, 9.17) is 16.3 Å². The second-order valence-electron chi connectivity index (χ2n) is 6.68. The molecule has 0 aliphatic carbocycles. The van der Waals surface area contributed by atoms with E-state index in [0.29, 0.717) is 69.7 Å². The minimum absolute atomic E-state index is 0.0730. The Balaban J connectivity index is 1.44. The summed E-state index contributed by atoms with van der Waals surface area (Å²) in [5.74, 6) is -0.0938. The molecule has 0 radical (unpaired) electrons. The Morgan fingerprint density at radius 1 is 1.08 bits per heavy atom. The van der Waals surface area contributed by atoms with Crippen LogP contribution in [0, 0.1) is 6.92 Å². The number of morpholine rings is 1. The number of ether oxygens (including phenoxy) is 1. The van der Waals surface area contributed by atoms with Crippen LogP contribution in [-0.2, 0) is 9.53 Å². The smallest absolute Gasteiger partial charge is 0.320 e. The van der Waals surface area contributed by atoms with Crippen LogP contribution in [0.25, 0.3) is 0 Å². The summed E-state index contributed by atoms with van der Waals surface area (Å²) in [6.45, 7) is 7.40. The highest BCUT2D eigenvalue weighted by Gasteiger charge is 2.27. The van der Waals surface area contributed by atoms with Gasteiger partial charge in [-0.2, -0.15) is 0 Å². The first kappa shape index (κ1) is 18.9. The van der Waals surface area contributed by atoms with Crippen molar-refractivity contribution in [2.24, 2.45) is 0 Å². The molecule has 2 fully saturated rings. The second-order valence-corrected chi connectivity index (χ2v) is 7.08. The summed E-state index contributed by atoms with van der Waals surface area (Å²) in [4.78, 5) is 30.5. The zero-order valence-electron chi connectivity index (χ0n) is 15.0. The fourth-order valence-electron chi connectivity index (χ4n) is 3.17. The van der Waals surface area contributed by atoms with E-state index in [-0.39, 0.29) is 11.9 Å². The number of halogens is 1. The first-order valence-electron chi connectivity index (χ1n) is 8.93. The van der Waals surface area contributed by atoms with E-state index in [0.717, 1.165) is 5.56 Å². The van der Waals surface area contributed by atoms with Gasteiger partial charge >= 0.3 is 6.03 Å². The van der Waals surface area contributed by atoms with E-state index in [9.17, 15) is 9.59 Å². The number of benzene rings is 1. The number of rotatable bonds is 3. The van der Waals surface area contributed by atoms with E-state index in [1.807, 2.05) is 34.9 Å². The standard InChI is InChI=1S/C18H25ClN4O3/c1-14-2-3-16(15(19)12-14)20-17(24)13-21-4-6-22(7-5-21)18(25)23-8-10-26-11-9-23/h2-3,12H,4-11,13H2,1H3,(H,20,24). The van der Waals surface area contributed by atoms with Crippen molar-refractivity contribution < 1.29 is 14.3 Å². The van der Waals surface area contributed by atoms with Gasteiger partial charge in [-0.05, 0) is 24.6 Å². The normalized spacial score (nSPS) is 18.7. The molecule has 0 spiro atoms. The number of carbonyl (C=O) groups is 2. The monoisotopic (exact) mass is 380 g/mol. The van der Waals surface area contributed by atoms with Gasteiger partial charge in [0.1, 0.15) is 0 Å². The number of amides is 3. The molecule has 0 aromatic heterocycles. The van der Waals surface area contributed by atoms with E-state index >= 15 is 0 Å². The van der Waals surface area contributed by atoms with E-state index in [2.05, 4.69) is 10.2 Å². The SMILES string of the molecule is Cc1ccc(NC(=O)CN2CCN(C(=O)N3CCOCC3)CC2)c(Cl)c1. The third-order valence-corrected chi connectivity index (χ3v) is 5.00. The minimum atomic E-state index is -0.0938. The average Bonchev–Trinajstić information content (AvgIpc) is 2.65. The van der Waals surface area contributed by atoms with Gasteiger partial charge in [0.2, 0.25) is 5.91 Å². The van der Waals surface area contributed by atoms with Gasteiger partial charge in [-0.3, -0.25) is 9.69 Å². The molecule has 8 heteroatoms. The number of nitrogens with zero attached hydrogens (tertiary/aromatic N) is 3. The van der Waals surface area contributed by atoms with Crippen LogP contribution in [0.4, 0.5) is 10.5 Å². The minimum Gasteiger partial charge on any atom is -0.378 e. The molecule has 1 aromatic rings. The number of hydrogen-bond acceptors (Lipinski definition) is 4. The van der Waals surface area contributed by atoms with Crippen molar-refractivity contribution in [1.82, 2.24) is 14.7 Å². The molecule has 7 nitrogen and oxygen atoms in total. The van der Waals surface area contributed by atoms with Gasteiger partial charge in [-0.1, -0.05) is 17.7 Å². The predicted molar refractivity (Wildman–Crippen MR) is 101 cm³/mol. The van der Waals surface area contributed by atoms with Crippen LogP contribution in [-0.4, -0.2) is 85.7 Å². The summed E-state index contributed by atoms with van der Waals surface area (Å²) in [5, 5.41) is 3.40. The van der Waals surface area contributed by atoms with Crippen LogP contribution in [0.15, 0.2) is 18.2 Å². The predicted octanol–water partition coefficient (Wildman–Crippen LogP) is 1.66. The molecule has 1 aromatic carbocycles. The number of urea groups is 1. The van der Waals surface area contributed by atoms with Crippen molar-refractivity contribution >= 4 is 29.2 Å². The Morgan fingerprint density at radius 3 is 2.38 bits per heavy atom. The van der Waals surface area contributed by atoms with Crippen molar-refractivity contribution in [3.05, 3.63) is 28.8 Å². The molecule has 142 valence electrons. The zero-order chi connectivity index (χ0) is 18.5. The van der Waals surface area contributed by atoms with Crippen molar-refractivity contribution in [1.29, 1.82) is 0 Å². The lowest BCUT2D eigenvalue weighted by Crippen LogP contribution is -2.55. The van der Waals surface area contributed by atoms with Gasteiger partial charge in [-0.25, -0.2) is 4.79 Å². The first-order chi connectivity index (χ1) is 12.5. The van der Waals surface area contributed by atoms with Gasteiger partial charge in [0.15, 0.2) is 0 Å². The lowest BCUT2D eigenvalue weighted by atomic mass is 10.2. The molecule has 26 heavy (non-hydrogen) atoms. The molecule has 0 unspecified atom stereocenters. The molecule has 2 saturated heterocycles. The molecule has 2 aliphatic heterocycles. The number of piperazine rings is 1. The van der Waals surface area contributed by atoms with Crippen molar-refractivity contribution in [2.75, 3.05) is 64.3 Å². The summed E-state index contributed by atoms with van der Waals surface area (Å²) in [6.07, 6.45) is 0. The highest BCUT2D eigenvalue weighted by Crippen LogP contribution is 2.22. The van der Waals surface area contributed by atoms with E-state index in [1.54, 1.807) is 0 Å². The lowest BCUT2D eigenvalue weighted by molar-refractivity contribution is -0.117. The quantitative estimate of drug-likeness (QED) is 0.866. The molecule has 2 aliphatic rings. The van der Waals surface area contributed by atoms with Crippen LogP contribution >= 0.6 is 11.6 Å². The number of carbonyl (C=O) groups excluding carboxylic acids is 2. The Bertz CT molecular complexity index is 656. The Morgan fingerprint density at radius 2 is 1.73 bits per heavy atom. The molecule has 0 saturated carbocycles. The van der Waals surface area contributed by atoms with Crippen molar-refractivity contribution in [3.63, 3.8) is 0 Å². The summed E-state index contributed by atoms with van der Waals surface area (Å²) in [7, 11) is 0. The molecule has 1 N–H and O–H groups in total. The average molecular weight is 381 g/mol. The van der Waals surface area contributed by atoms with Crippen LogP contribution in [0.3, 0.4) is 0 Å². The van der Waals surface area contributed by atoms with Gasteiger partial charge < -0.3 is 19.9 Å². The topological polar surface area (TPSA) is 65.1 Å². The number of nitrogens with one attached hydrogen (secondary N) is 1. The van der Waals surface area contributed by atoms with Crippen LogP contribution in [0.5, 0.6) is 0 Å². The summed E-state index contributed by atoms with van der Waals surface area (Å²) in [6, 6.07) is 5.63. The number of anilines is 1. The van der Waals surface area contributed by atoms with Gasteiger partial charge in [0, 0.05) is 39.3 Å². The molecular weight excluding hydrogens is 356 g/mol. The van der Waals surface area contributed by atoms with Gasteiger partial charge in [0.25, 0.3) is 0 Å². The Labute approximate surface area is 158 Å². The number of aryl methyl sites for hydroxylation is 1. The molecule has 3 amide bonds. The van der Waals surface area contributed by atoms with Gasteiger partial charge in [0.05, 0.1) is 30.5 Å². The van der Waals surface area contributed by atoms with Crippen molar-refractivity contribution in [2.45, 2.75) is 6.92 Å². The second kappa shape index (κ2) is 8.70. The Hall–Kier alpha value is -1.83. The molecule has 0 atom stereocenters. The van der Waals surface area contributed by atoms with Crippen LogP contribution < -0.4 is 5.32 Å². The third-order valence-electron chi connectivity index (χ3n) is 4.69. The van der Waals surface area contributed by atoms with Gasteiger partial charge in [-0.15, -0.1) is 0 Å². The molecule has 3 rings (SSSR count). The maximum Gasteiger partial charge on any atom is 0.320 e. The highest BCUT2D eigenvalue weighted by molar-refractivity contribution is 6.33. The lowest BCUT2D eigenvalue weighted by Gasteiger charge is -2.38. The summed E-state index contributed by atoms with van der Waals surface area (Å²) >= 11 is 6.16. The number of hydrogen-bond donors (Lipinski definition) is 1. The fourth-order valence-corrected chi connectivity index (χ4v) is 3.45. The molecule has 0 bridgehead atoms. The Kier molecular flexibility index (Phi) is 6.34. The van der Waals surface area contributed by atoms with E-state index in [1.165, 1.54) is 0 Å². The maximum absolute atomic E-state index is 12.5. The summed E-state index contributed by atoms with van der Waals surface area (Å²) in [5.41, 5.74) is 1.68. The molecule has 2 heterocycles. The zero-order valence-corrected chi connectivity index (χ0v) is 15.8. The third kappa shape index (κ3) is 4.87. The van der Waals surface area contributed by atoms with E-state index < -0.39 is 0 Å². The first-order valence-corrected chi connectivity index (χ1v) is 9.30. The fraction of sp³-hybridized carbons (Fsp3) is 0.556. The molecular formula is C18H25ClN4O3. The summed E-state index contributed by atoms with van der Waals surface area (Å²) < 4.78 is 5.29. The maximum atomic E-state index is 12.5. The highest BCUT2D eigenvalue weighted by atomic mass is 35.5. The van der Waals surface area contributed by atoms with Crippen LogP contribution in [0.2, 0.25) is 5.02 Å². The largest absolute Gasteiger partial charge is 0.378 e. The van der Waals surface area contributed by atoms with Crippen LogP contribution in [0.1, 0.15) is 5.56 Å².